The lowest BCUT2D eigenvalue weighted by molar-refractivity contribution is -0.117. The number of carbonyl (C=O) groups excluding carboxylic acids is 1. The maximum Gasteiger partial charge on any atom is 0.238 e. The normalized spacial score (nSPS) is 13.7. The summed E-state index contributed by atoms with van der Waals surface area (Å²) in [6, 6.07) is 28.8. The highest BCUT2D eigenvalue weighted by Gasteiger charge is 2.20. The number of amides is 1. The minimum absolute atomic E-state index is 0.0715. The number of ether oxygens (including phenoxy) is 2. The van der Waals surface area contributed by atoms with Crippen LogP contribution in [0, 0.1) is 0 Å². The molecule has 0 aliphatic carbocycles. The first kappa shape index (κ1) is 25.6. The summed E-state index contributed by atoms with van der Waals surface area (Å²) in [7, 11) is 0. The number of carbonyl (C=O) groups is 1. The first-order valence-corrected chi connectivity index (χ1v) is 12.9. The molecule has 0 spiro atoms. The van der Waals surface area contributed by atoms with E-state index < -0.39 is 0 Å². The van der Waals surface area contributed by atoms with Gasteiger partial charge in [-0.3, -0.25) is 9.69 Å². The second-order valence-corrected chi connectivity index (χ2v) is 9.40. The van der Waals surface area contributed by atoms with Gasteiger partial charge >= 0.3 is 0 Å². The van der Waals surface area contributed by atoms with Crippen LogP contribution < -0.4 is 19.7 Å². The topological polar surface area (TPSA) is 66.9 Å². The van der Waals surface area contributed by atoms with Gasteiger partial charge < -0.3 is 19.7 Å². The van der Waals surface area contributed by atoms with E-state index in [9.17, 15) is 4.79 Å². The number of rotatable bonds is 9. The Hall–Kier alpha value is -4.07. The van der Waals surface area contributed by atoms with E-state index in [0.29, 0.717) is 30.5 Å². The van der Waals surface area contributed by atoms with E-state index in [1.165, 1.54) is 0 Å². The Kier molecular flexibility index (Phi) is 8.38. The predicted octanol–water partition coefficient (Wildman–Crippen LogP) is 5.87. The molecule has 5 rings (SSSR count). The summed E-state index contributed by atoms with van der Waals surface area (Å²) in [5.74, 6) is 1.78. The van der Waals surface area contributed by atoms with E-state index in [1.54, 1.807) is 18.3 Å². The molecule has 38 heavy (non-hydrogen) atoms. The van der Waals surface area contributed by atoms with Gasteiger partial charge in [0.1, 0.15) is 18.1 Å². The van der Waals surface area contributed by atoms with Crippen molar-refractivity contribution in [2.75, 3.05) is 42.9 Å². The molecule has 1 N–H and O–H groups in total. The Morgan fingerprint density at radius 3 is 2.26 bits per heavy atom. The van der Waals surface area contributed by atoms with Crippen LogP contribution in [0.1, 0.15) is 5.56 Å². The van der Waals surface area contributed by atoms with Crippen LogP contribution in [0.2, 0.25) is 5.02 Å². The maximum absolute atomic E-state index is 12.6. The zero-order chi connectivity index (χ0) is 26.2. The molecule has 1 aliphatic rings. The van der Waals surface area contributed by atoms with E-state index in [4.69, 9.17) is 21.1 Å². The van der Waals surface area contributed by atoms with Crippen molar-refractivity contribution < 1.29 is 14.3 Å². The zero-order valence-electron chi connectivity index (χ0n) is 20.9. The van der Waals surface area contributed by atoms with Gasteiger partial charge in [0.15, 0.2) is 0 Å². The maximum atomic E-state index is 12.6. The smallest absolute Gasteiger partial charge is 0.238 e. The van der Waals surface area contributed by atoms with Crippen molar-refractivity contribution in [3.05, 3.63) is 108 Å². The van der Waals surface area contributed by atoms with Gasteiger partial charge in [-0.15, -0.1) is 0 Å². The minimum atomic E-state index is -0.0715. The number of nitrogens with one attached hydrogen (secondary N) is 1. The average Bonchev–Trinajstić information content (AvgIpc) is 2.95. The van der Waals surface area contributed by atoms with Crippen molar-refractivity contribution in [1.82, 2.24) is 9.88 Å². The minimum Gasteiger partial charge on any atom is -0.489 e. The molecule has 2 heterocycles. The standard InChI is InChI=1S/C30H29ClN4O3/c31-27-8-4-5-9-28(27)35-18-16-34(17-19-35)21-29(36)33-24-10-15-30(32-20-24)38-26-13-11-25(12-14-26)37-22-23-6-2-1-3-7-23/h1-15,20H,16-19,21-22H2,(H,33,36). The first-order chi connectivity index (χ1) is 18.6. The van der Waals surface area contributed by atoms with Crippen LogP contribution >= 0.6 is 11.6 Å². The van der Waals surface area contributed by atoms with Crippen LogP contribution in [0.25, 0.3) is 0 Å². The molecule has 194 valence electrons. The molecule has 0 bridgehead atoms. The van der Waals surface area contributed by atoms with E-state index >= 15 is 0 Å². The molecule has 7 nitrogen and oxygen atoms in total. The fourth-order valence-electron chi connectivity index (χ4n) is 4.24. The van der Waals surface area contributed by atoms with Crippen molar-refractivity contribution in [3.8, 4) is 17.4 Å². The second-order valence-electron chi connectivity index (χ2n) is 9.00. The summed E-state index contributed by atoms with van der Waals surface area (Å²) < 4.78 is 11.6. The van der Waals surface area contributed by atoms with Crippen molar-refractivity contribution in [3.63, 3.8) is 0 Å². The molecule has 1 aliphatic heterocycles. The lowest BCUT2D eigenvalue weighted by Crippen LogP contribution is -2.48. The Labute approximate surface area is 227 Å². The largest absolute Gasteiger partial charge is 0.489 e. The zero-order valence-corrected chi connectivity index (χ0v) is 21.7. The van der Waals surface area contributed by atoms with Gasteiger partial charge in [0, 0.05) is 32.2 Å². The number of para-hydroxylation sites is 1. The van der Waals surface area contributed by atoms with Gasteiger partial charge in [-0.05, 0) is 48.0 Å². The number of halogens is 1. The number of pyridine rings is 1. The summed E-state index contributed by atoms with van der Waals surface area (Å²) in [6.07, 6.45) is 1.60. The second kappa shape index (κ2) is 12.4. The van der Waals surface area contributed by atoms with Gasteiger partial charge in [-0.25, -0.2) is 4.98 Å². The lowest BCUT2D eigenvalue weighted by Gasteiger charge is -2.36. The molecule has 1 amide bonds. The van der Waals surface area contributed by atoms with Gasteiger partial charge in [0.05, 0.1) is 29.1 Å². The highest BCUT2D eigenvalue weighted by atomic mass is 35.5. The molecular formula is C30H29ClN4O3. The monoisotopic (exact) mass is 528 g/mol. The molecule has 4 aromatic rings. The van der Waals surface area contributed by atoms with Crippen LogP contribution in [0.3, 0.4) is 0 Å². The van der Waals surface area contributed by atoms with E-state index in [1.807, 2.05) is 78.9 Å². The summed E-state index contributed by atoms with van der Waals surface area (Å²) in [6.45, 7) is 4.07. The van der Waals surface area contributed by atoms with E-state index in [-0.39, 0.29) is 5.91 Å². The number of hydrogen-bond acceptors (Lipinski definition) is 6. The number of hydrogen-bond donors (Lipinski definition) is 1. The third kappa shape index (κ3) is 7.03. The summed E-state index contributed by atoms with van der Waals surface area (Å²) in [4.78, 5) is 21.3. The van der Waals surface area contributed by atoms with Crippen LogP contribution in [-0.4, -0.2) is 48.5 Å². The predicted molar refractivity (Wildman–Crippen MR) is 150 cm³/mol. The number of piperazine rings is 1. The molecule has 0 atom stereocenters. The Balaban J connectivity index is 1.05. The lowest BCUT2D eigenvalue weighted by atomic mass is 10.2. The van der Waals surface area contributed by atoms with Crippen molar-refractivity contribution in [2.24, 2.45) is 0 Å². The molecule has 1 saturated heterocycles. The van der Waals surface area contributed by atoms with Crippen LogP contribution in [0.5, 0.6) is 17.4 Å². The molecule has 1 fully saturated rings. The van der Waals surface area contributed by atoms with Crippen molar-refractivity contribution in [1.29, 1.82) is 0 Å². The van der Waals surface area contributed by atoms with E-state index in [0.717, 1.165) is 48.2 Å². The SMILES string of the molecule is O=C(CN1CCN(c2ccccc2Cl)CC1)Nc1ccc(Oc2ccc(OCc3ccccc3)cc2)nc1. The third-order valence-electron chi connectivity index (χ3n) is 6.25. The number of benzene rings is 3. The Morgan fingerprint density at radius 1 is 0.842 bits per heavy atom. The van der Waals surface area contributed by atoms with Crippen LogP contribution in [0.15, 0.2) is 97.2 Å². The quantitative estimate of drug-likeness (QED) is 0.293. The number of anilines is 2. The van der Waals surface area contributed by atoms with Gasteiger partial charge in [0.2, 0.25) is 11.8 Å². The summed E-state index contributed by atoms with van der Waals surface area (Å²) in [5, 5.41) is 3.67. The van der Waals surface area contributed by atoms with Crippen LogP contribution in [-0.2, 0) is 11.4 Å². The molecular weight excluding hydrogens is 500 g/mol. The van der Waals surface area contributed by atoms with Crippen molar-refractivity contribution in [2.45, 2.75) is 6.61 Å². The number of aromatic nitrogens is 1. The Morgan fingerprint density at radius 2 is 1.55 bits per heavy atom. The third-order valence-corrected chi connectivity index (χ3v) is 6.57. The molecule has 0 radical (unpaired) electrons. The molecule has 0 saturated carbocycles. The summed E-state index contributed by atoms with van der Waals surface area (Å²) >= 11 is 6.32. The molecule has 3 aromatic carbocycles. The average molecular weight is 529 g/mol. The summed E-state index contributed by atoms with van der Waals surface area (Å²) in [5.41, 5.74) is 2.78. The first-order valence-electron chi connectivity index (χ1n) is 12.5. The van der Waals surface area contributed by atoms with Crippen molar-refractivity contribution >= 4 is 28.9 Å². The highest BCUT2D eigenvalue weighted by molar-refractivity contribution is 6.33. The van der Waals surface area contributed by atoms with E-state index in [2.05, 4.69) is 20.1 Å². The van der Waals surface area contributed by atoms with Gasteiger partial charge in [-0.2, -0.15) is 0 Å². The molecule has 0 unspecified atom stereocenters. The van der Waals surface area contributed by atoms with Gasteiger partial charge in [0.25, 0.3) is 0 Å². The molecule has 1 aromatic heterocycles. The van der Waals surface area contributed by atoms with Crippen LogP contribution in [0.4, 0.5) is 11.4 Å². The number of nitrogens with zero attached hydrogens (tertiary/aromatic N) is 3. The highest BCUT2D eigenvalue weighted by Crippen LogP contribution is 2.26. The van der Waals surface area contributed by atoms with Gasteiger partial charge in [-0.1, -0.05) is 54.1 Å². The fourth-order valence-corrected chi connectivity index (χ4v) is 4.49. The molecule has 8 heteroatoms. The fraction of sp³-hybridized carbons (Fsp3) is 0.200. The Bertz CT molecular complexity index is 1330.